The molecule has 0 aliphatic carbocycles. The Labute approximate surface area is 166 Å². The maximum atomic E-state index is 5.71. The van der Waals surface area contributed by atoms with Gasteiger partial charge in [-0.1, -0.05) is 90.8 Å². The summed E-state index contributed by atoms with van der Waals surface area (Å²) in [7, 11) is 0. The van der Waals surface area contributed by atoms with Crippen LogP contribution in [0.5, 0.6) is 0 Å². The molecule has 3 aromatic rings. The SMILES string of the molecule is CC.CC.CC.CC.Cc1ccc(-c2nnc(-c3ccc(C)cc3)o2)cc1. The Morgan fingerprint density at radius 3 is 1.00 bits per heavy atom. The second-order valence-electron chi connectivity index (χ2n) is 4.64. The van der Waals surface area contributed by atoms with Crippen molar-refractivity contribution in [1.29, 1.82) is 0 Å². The molecule has 1 aromatic heterocycles. The van der Waals surface area contributed by atoms with E-state index in [4.69, 9.17) is 4.42 Å². The van der Waals surface area contributed by atoms with E-state index in [0.717, 1.165) is 11.1 Å². The molecule has 0 saturated heterocycles. The molecular weight excluding hydrogens is 332 g/mol. The summed E-state index contributed by atoms with van der Waals surface area (Å²) in [6.07, 6.45) is 0. The molecule has 0 amide bonds. The van der Waals surface area contributed by atoms with Gasteiger partial charge in [-0.2, -0.15) is 0 Å². The van der Waals surface area contributed by atoms with E-state index in [1.165, 1.54) is 11.1 Å². The van der Waals surface area contributed by atoms with Crippen LogP contribution in [0.25, 0.3) is 22.9 Å². The molecule has 1 heterocycles. The molecule has 2 aromatic carbocycles. The van der Waals surface area contributed by atoms with Gasteiger partial charge in [0.15, 0.2) is 0 Å². The molecule has 0 atom stereocenters. The van der Waals surface area contributed by atoms with Crippen LogP contribution < -0.4 is 0 Å². The third kappa shape index (κ3) is 9.18. The number of benzene rings is 2. The minimum Gasteiger partial charge on any atom is -0.416 e. The first-order valence-electron chi connectivity index (χ1n) is 10.2. The molecule has 0 saturated carbocycles. The number of aromatic nitrogens is 2. The Hall–Kier alpha value is -2.42. The fourth-order valence-corrected chi connectivity index (χ4v) is 1.85. The standard InChI is InChI=1S/C16H14N2O.4C2H6/c1-11-3-7-13(8-4-11)15-17-18-16(19-15)14-9-5-12(2)6-10-14;4*1-2/h3-10H,1-2H3;4*1-2H3. The lowest BCUT2D eigenvalue weighted by molar-refractivity contribution is 0.584. The van der Waals surface area contributed by atoms with E-state index in [1.807, 2.05) is 104 Å². The normalized spacial score (nSPS) is 8.37. The molecule has 0 aliphatic heterocycles. The Bertz CT molecular complexity index is 623. The number of hydrogen-bond donors (Lipinski definition) is 0. The molecule has 0 aliphatic rings. The van der Waals surface area contributed by atoms with Crippen molar-refractivity contribution in [2.24, 2.45) is 0 Å². The van der Waals surface area contributed by atoms with Crippen molar-refractivity contribution < 1.29 is 4.42 Å². The predicted octanol–water partition coefficient (Wildman–Crippen LogP) is 8.13. The minimum atomic E-state index is 0.551. The molecule has 3 rings (SSSR count). The van der Waals surface area contributed by atoms with Crippen LogP contribution in [0.4, 0.5) is 0 Å². The van der Waals surface area contributed by atoms with Gasteiger partial charge in [0.05, 0.1) is 0 Å². The minimum absolute atomic E-state index is 0.551. The first kappa shape index (κ1) is 26.8. The number of aryl methyl sites for hydroxylation is 2. The lowest BCUT2D eigenvalue weighted by atomic mass is 10.1. The Kier molecular flexibility index (Phi) is 16.9. The molecule has 3 nitrogen and oxygen atoms in total. The average Bonchev–Trinajstić information content (AvgIpc) is 3.25. The third-order valence-corrected chi connectivity index (χ3v) is 3.02. The summed E-state index contributed by atoms with van der Waals surface area (Å²) in [5.74, 6) is 1.10. The van der Waals surface area contributed by atoms with E-state index in [9.17, 15) is 0 Å². The van der Waals surface area contributed by atoms with E-state index in [-0.39, 0.29) is 0 Å². The monoisotopic (exact) mass is 370 g/mol. The molecule has 27 heavy (non-hydrogen) atoms. The van der Waals surface area contributed by atoms with Gasteiger partial charge in [0.25, 0.3) is 0 Å². The molecule has 0 N–H and O–H groups in total. The average molecular weight is 371 g/mol. The summed E-state index contributed by atoms with van der Waals surface area (Å²) in [6, 6.07) is 16.1. The zero-order valence-electron chi connectivity index (χ0n) is 18.9. The van der Waals surface area contributed by atoms with Crippen LogP contribution in [-0.4, -0.2) is 10.2 Å². The predicted molar refractivity (Wildman–Crippen MR) is 120 cm³/mol. The van der Waals surface area contributed by atoms with Gasteiger partial charge in [0.2, 0.25) is 11.8 Å². The van der Waals surface area contributed by atoms with E-state index in [2.05, 4.69) is 24.0 Å². The van der Waals surface area contributed by atoms with Crippen molar-refractivity contribution in [3.05, 3.63) is 59.7 Å². The maximum absolute atomic E-state index is 5.71. The maximum Gasteiger partial charge on any atom is 0.248 e. The summed E-state index contributed by atoms with van der Waals surface area (Å²) in [5, 5.41) is 8.20. The summed E-state index contributed by atoms with van der Waals surface area (Å²) in [6.45, 7) is 20.1. The van der Waals surface area contributed by atoms with Crippen molar-refractivity contribution in [3.63, 3.8) is 0 Å². The highest BCUT2D eigenvalue weighted by Gasteiger charge is 2.09. The molecular formula is C24H38N2O. The topological polar surface area (TPSA) is 38.9 Å². The number of rotatable bonds is 2. The van der Waals surface area contributed by atoms with Crippen LogP contribution in [0.1, 0.15) is 66.5 Å². The Morgan fingerprint density at radius 1 is 0.481 bits per heavy atom. The van der Waals surface area contributed by atoms with Crippen LogP contribution in [0.15, 0.2) is 52.9 Å². The van der Waals surface area contributed by atoms with Crippen LogP contribution in [0.2, 0.25) is 0 Å². The van der Waals surface area contributed by atoms with E-state index < -0.39 is 0 Å². The van der Waals surface area contributed by atoms with Crippen molar-refractivity contribution in [1.82, 2.24) is 10.2 Å². The number of nitrogens with zero attached hydrogens (tertiary/aromatic N) is 2. The van der Waals surface area contributed by atoms with Gasteiger partial charge in [0, 0.05) is 11.1 Å². The van der Waals surface area contributed by atoms with Gasteiger partial charge in [-0.3, -0.25) is 0 Å². The van der Waals surface area contributed by atoms with Crippen molar-refractivity contribution in [3.8, 4) is 22.9 Å². The third-order valence-electron chi connectivity index (χ3n) is 3.02. The highest BCUT2D eigenvalue weighted by molar-refractivity contribution is 5.58. The smallest absolute Gasteiger partial charge is 0.248 e. The fourth-order valence-electron chi connectivity index (χ4n) is 1.85. The largest absolute Gasteiger partial charge is 0.416 e. The molecule has 0 unspecified atom stereocenters. The van der Waals surface area contributed by atoms with Gasteiger partial charge in [0.1, 0.15) is 0 Å². The molecule has 0 fully saturated rings. The highest BCUT2D eigenvalue weighted by Crippen LogP contribution is 2.24. The summed E-state index contributed by atoms with van der Waals surface area (Å²) < 4.78 is 5.71. The number of hydrogen-bond acceptors (Lipinski definition) is 3. The summed E-state index contributed by atoms with van der Waals surface area (Å²) in [5.41, 5.74) is 4.30. The van der Waals surface area contributed by atoms with Crippen LogP contribution in [0, 0.1) is 13.8 Å². The van der Waals surface area contributed by atoms with Crippen LogP contribution >= 0.6 is 0 Å². The lowest BCUT2D eigenvalue weighted by Crippen LogP contribution is -1.78. The van der Waals surface area contributed by atoms with Crippen LogP contribution in [0.3, 0.4) is 0 Å². The lowest BCUT2D eigenvalue weighted by Gasteiger charge is -1.96. The quantitative estimate of drug-likeness (QED) is 0.457. The van der Waals surface area contributed by atoms with E-state index in [1.54, 1.807) is 0 Å². The van der Waals surface area contributed by atoms with Crippen molar-refractivity contribution in [2.45, 2.75) is 69.2 Å². The van der Waals surface area contributed by atoms with Gasteiger partial charge in [-0.05, 0) is 38.1 Å². The highest BCUT2D eigenvalue weighted by atomic mass is 16.4. The molecule has 150 valence electrons. The Morgan fingerprint density at radius 2 is 0.741 bits per heavy atom. The molecule has 0 bridgehead atoms. The molecule has 0 spiro atoms. The summed E-state index contributed by atoms with van der Waals surface area (Å²) in [4.78, 5) is 0. The van der Waals surface area contributed by atoms with Crippen molar-refractivity contribution >= 4 is 0 Å². The van der Waals surface area contributed by atoms with Crippen molar-refractivity contribution in [2.75, 3.05) is 0 Å². The van der Waals surface area contributed by atoms with E-state index in [0.29, 0.717) is 11.8 Å². The first-order valence-corrected chi connectivity index (χ1v) is 10.2. The second kappa shape index (κ2) is 17.0. The van der Waals surface area contributed by atoms with Gasteiger partial charge in [-0.15, -0.1) is 10.2 Å². The zero-order chi connectivity index (χ0) is 21.2. The zero-order valence-corrected chi connectivity index (χ0v) is 18.9. The second-order valence-corrected chi connectivity index (χ2v) is 4.64. The van der Waals surface area contributed by atoms with Gasteiger partial charge < -0.3 is 4.42 Å². The fraction of sp³-hybridized carbons (Fsp3) is 0.417. The van der Waals surface area contributed by atoms with Crippen LogP contribution in [-0.2, 0) is 0 Å². The summed E-state index contributed by atoms with van der Waals surface area (Å²) >= 11 is 0. The van der Waals surface area contributed by atoms with Gasteiger partial charge in [-0.25, -0.2) is 0 Å². The first-order chi connectivity index (χ1) is 13.2. The Balaban J connectivity index is 0. The van der Waals surface area contributed by atoms with Gasteiger partial charge >= 0.3 is 0 Å². The molecule has 3 heteroatoms. The van der Waals surface area contributed by atoms with E-state index >= 15 is 0 Å². The molecule has 0 radical (unpaired) electrons.